The van der Waals surface area contributed by atoms with E-state index in [2.05, 4.69) is 4.98 Å². The molecule has 2 amide bonds. The van der Waals surface area contributed by atoms with Crippen LogP contribution >= 0.6 is 11.3 Å². The van der Waals surface area contributed by atoms with Crippen molar-refractivity contribution >= 4 is 23.2 Å². The van der Waals surface area contributed by atoms with Crippen molar-refractivity contribution in [2.24, 2.45) is 5.73 Å². The molecule has 2 aliphatic rings. The molecule has 0 radical (unpaired) electrons. The quantitative estimate of drug-likeness (QED) is 0.403. The molecule has 2 N–H and O–H groups in total. The molecule has 0 atom stereocenters. The third kappa shape index (κ3) is 4.23. The number of hydrogen-bond donors (Lipinski definition) is 1. The largest absolute Gasteiger partial charge is 0.496 e. The second-order valence-electron chi connectivity index (χ2n) is 10.1. The fraction of sp³-hybridized carbons (Fsp3) is 0.286. The van der Waals surface area contributed by atoms with Crippen LogP contribution in [-0.4, -0.2) is 63.9 Å². The Bertz CT molecular complexity index is 1590. The summed E-state index contributed by atoms with van der Waals surface area (Å²) in [6.45, 7) is 5.57. The van der Waals surface area contributed by atoms with E-state index in [4.69, 9.17) is 25.0 Å². The molecular weight excluding hydrogens is 518 g/mol. The number of thiophene rings is 1. The number of methoxy groups -OCH3 is 1. The fourth-order valence-electron chi connectivity index (χ4n) is 5.07. The van der Waals surface area contributed by atoms with Crippen LogP contribution in [-0.2, 0) is 11.3 Å². The summed E-state index contributed by atoms with van der Waals surface area (Å²) < 4.78 is 19.3. The highest BCUT2D eigenvalue weighted by Crippen LogP contribution is 2.46. The van der Waals surface area contributed by atoms with E-state index in [0.717, 1.165) is 22.4 Å². The summed E-state index contributed by atoms with van der Waals surface area (Å²) in [6.07, 6.45) is 3.09. The van der Waals surface area contributed by atoms with Crippen molar-refractivity contribution in [2.45, 2.75) is 26.0 Å². The number of morpholine rings is 1. The van der Waals surface area contributed by atoms with Crippen molar-refractivity contribution in [2.75, 3.05) is 26.9 Å². The molecule has 0 bridgehead atoms. The Kier molecular flexibility index (Phi) is 6.12. The van der Waals surface area contributed by atoms with Crippen LogP contribution in [0.2, 0.25) is 0 Å². The molecular formula is C28H27N5O5S. The summed E-state index contributed by atoms with van der Waals surface area (Å²) in [5, 5.41) is 8.75. The molecule has 1 aromatic carbocycles. The van der Waals surface area contributed by atoms with Crippen molar-refractivity contribution < 1.29 is 23.8 Å². The zero-order chi connectivity index (χ0) is 27.3. The lowest BCUT2D eigenvalue weighted by Crippen LogP contribution is -2.55. The summed E-state index contributed by atoms with van der Waals surface area (Å²) in [6, 6.07) is 7.51. The topological polar surface area (TPSA) is 122 Å². The summed E-state index contributed by atoms with van der Waals surface area (Å²) in [5.74, 6) is 0.254. The van der Waals surface area contributed by atoms with Crippen LogP contribution in [0.15, 0.2) is 47.4 Å². The Labute approximate surface area is 228 Å². The van der Waals surface area contributed by atoms with Gasteiger partial charge in [0.1, 0.15) is 18.1 Å². The Morgan fingerprint density at radius 3 is 2.74 bits per heavy atom. The number of carbonyl (C=O) groups excluding carboxylic acids is 2. The van der Waals surface area contributed by atoms with Crippen LogP contribution in [0, 0.1) is 0 Å². The minimum absolute atomic E-state index is 0.205. The molecule has 5 heterocycles. The van der Waals surface area contributed by atoms with Crippen molar-refractivity contribution in [1.29, 1.82) is 0 Å². The van der Waals surface area contributed by atoms with E-state index in [-0.39, 0.29) is 18.2 Å². The van der Waals surface area contributed by atoms with Gasteiger partial charge in [-0.3, -0.25) is 14.6 Å². The summed E-state index contributed by atoms with van der Waals surface area (Å²) in [7, 11) is 1.59. The lowest BCUT2D eigenvalue weighted by Gasteiger charge is -2.41. The van der Waals surface area contributed by atoms with Gasteiger partial charge in [-0.2, -0.15) is 16.4 Å². The molecule has 2 aliphatic heterocycles. The zero-order valence-electron chi connectivity index (χ0n) is 21.8. The van der Waals surface area contributed by atoms with Crippen LogP contribution in [0.5, 0.6) is 11.5 Å². The Morgan fingerprint density at radius 2 is 2.03 bits per heavy atom. The van der Waals surface area contributed by atoms with Gasteiger partial charge in [-0.15, -0.1) is 0 Å². The normalized spacial score (nSPS) is 15.7. The highest BCUT2D eigenvalue weighted by molar-refractivity contribution is 7.08. The van der Waals surface area contributed by atoms with Gasteiger partial charge in [-0.05, 0) is 43.5 Å². The van der Waals surface area contributed by atoms with Crippen LogP contribution in [0.1, 0.15) is 40.3 Å². The minimum Gasteiger partial charge on any atom is -0.496 e. The number of carbonyl (C=O) groups is 2. The number of aromatic nitrogens is 3. The molecule has 4 aromatic rings. The van der Waals surface area contributed by atoms with Gasteiger partial charge in [0.05, 0.1) is 37.1 Å². The number of amides is 2. The predicted molar refractivity (Wildman–Crippen MR) is 145 cm³/mol. The van der Waals surface area contributed by atoms with Crippen molar-refractivity contribution in [3.63, 3.8) is 0 Å². The SMILES string of the molecule is COc1cc2c(cc1-c1cncc(C(N)=O)c1)-c1c(c(C(=O)N3CCOCC3(C)C)nn1-c1ccsc1)OC2. The van der Waals surface area contributed by atoms with E-state index in [9.17, 15) is 9.59 Å². The average molecular weight is 546 g/mol. The smallest absolute Gasteiger partial charge is 0.278 e. The second-order valence-corrected chi connectivity index (χ2v) is 10.8. The Hall–Kier alpha value is -4.22. The third-order valence-electron chi connectivity index (χ3n) is 7.07. The standard InChI is InChI=1S/C28H27N5O5S/c1-28(2)15-37-6-5-32(28)27(35)23-25-24(33(31-23)19-4-7-39-14-19)21-10-20(22(36-3)9-18(21)13-38-25)16-8-17(26(29)34)12-30-11-16/h4,7-12,14H,5-6,13,15H2,1-3H3,(H2,29,34). The van der Waals surface area contributed by atoms with E-state index in [0.29, 0.717) is 48.1 Å². The van der Waals surface area contributed by atoms with E-state index in [1.807, 2.05) is 42.8 Å². The van der Waals surface area contributed by atoms with Crippen molar-refractivity contribution in [1.82, 2.24) is 19.7 Å². The molecule has 6 rings (SSSR count). The highest BCUT2D eigenvalue weighted by Gasteiger charge is 2.39. The molecule has 39 heavy (non-hydrogen) atoms. The molecule has 1 saturated heterocycles. The molecule has 10 nitrogen and oxygen atoms in total. The molecule has 0 spiro atoms. The number of rotatable bonds is 5. The van der Waals surface area contributed by atoms with Crippen LogP contribution in [0.25, 0.3) is 28.1 Å². The molecule has 3 aromatic heterocycles. The first kappa shape index (κ1) is 25.1. The van der Waals surface area contributed by atoms with E-state index < -0.39 is 11.4 Å². The first-order chi connectivity index (χ1) is 18.8. The average Bonchev–Trinajstić information content (AvgIpc) is 3.60. The van der Waals surface area contributed by atoms with Gasteiger partial charge >= 0.3 is 0 Å². The van der Waals surface area contributed by atoms with Gasteiger partial charge in [0.25, 0.3) is 5.91 Å². The fourth-order valence-corrected chi connectivity index (χ4v) is 5.69. The van der Waals surface area contributed by atoms with E-state index in [1.54, 1.807) is 29.0 Å². The number of pyridine rings is 1. The number of nitrogens with two attached hydrogens (primary N) is 1. The van der Waals surface area contributed by atoms with Gasteiger partial charge in [-0.25, -0.2) is 4.68 Å². The lowest BCUT2D eigenvalue weighted by atomic mass is 9.94. The summed E-state index contributed by atoms with van der Waals surface area (Å²) >= 11 is 1.54. The Balaban J connectivity index is 1.55. The molecule has 0 saturated carbocycles. The highest BCUT2D eigenvalue weighted by atomic mass is 32.1. The first-order valence-corrected chi connectivity index (χ1v) is 13.4. The number of benzene rings is 1. The number of nitrogens with zero attached hydrogens (tertiary/aromatic N) is 4. The zero-order valence-corrected chi connectivity index (χ0v) is 22.6. The number of ether oxygens (including phenoxy) is 3. The van der Waals surface area contributed by atoms with Crippen molar-refractivity contribution in [3.05, 3.63) is 64.2 Å². The summed E-state index contributed by atoms with van der Waals surface area (Å²) in [5.41, 5.74) is 10.2. The summed E-state index contributed by atoms with van der Waals surface area (Å²) in [4.78, 5) is 31.8. The Morgan fingerprint density at radius 1 is 1.18 bits per heavy atom. The van der Waals surface area contributed by atoms with Gasteiger partial charge in [0.15, 0.2) is 11.4 Å². The van der Waals surface area contributed by atoms with E-state index >= 15 is 0 Å². The number of fused-ring (bicyclic) bond motifs is 3. The molecule has 1 fully saturated rings. The van der Waals surface area contributed by atoms with Gasteiger partial charge in [0.2, 0.25) is 5.91 Å². The maximum Gasteiger partial charge on any atom is 0.278 e. The van der Waals surface area contributed by atoms with Gasteiger partial charge in [-0.1, -0.05) is 0 Å². The van der Waals surface area contributed by atoms with Crippen LogP contribution in [0.4, 0.5) is 0 Å². The molecule has 0 aliphatic carbocycles. The van der Waals surface area contributed by atoms with Crippen LogP contribution in [0.3, 0.4) is 0 Å². The van der Waals surface area contributed by atoms with Gasteiger partial charge < -0.3 is 24.8 Å². The molecule has 11 heteroatoms. The monoisotopic (exact) mass is 545 g/mol. The first-order valence-electron chi connectivity index (χ1n) is 12.4. The maximum atomic E-state index is 13.9. The number of hydrogen-bond acceptors (Lipinski definition) is 8. The lowest BCUT2D eigenvalue weighted by molar-refractivity contribution is -0.0374. The predicted octanol–water partition coefficient (Wildman–Crippen LogP) is 3.91. The van der Waals surface area contributed by atoms with Crippen LogP contribution < -0.4 is 15.2 Å². The van der Waals surface area contributed by atoms with E-state index in [1.165, 1.54) is 17.5 Å². The van der Waals surface area contributed by atoms with Gasteiger partial charge in [0, 0.05) is 46.6 Å². The number of primary amides is 1. The molecule has 0 unspecified atom stereocenters. The maximum absolute atomic E-state index is 13.9. The minimum atomic E-state index is -0.568. The van der Waals surface area contributed by atoms with Crippen molar-refractivity contribution in [3.8, 4) is 39.6 Å². The molecule has 200 valence electrons. The second kappa shape index (κ2) is 9.51. The third-order valence-corrected chi connectivity index (χ3v) is 7.74.